The van der Waals surface area contributed by atoms with Gasteiger partial charge in [0, 0.05) is 23.7 Å². The van der Waals surface area contributed by atoms with Gasteiger partial charge in [-0.2, -0.15) is 9.97 Å². The third-order valence-electron chi connectivity index (χ3n) is 6.60. The van der Waals surface area contributed by atoms with Crippen molar-refractivity contribution in [3.05, 3.63) is 55.8 Å². The molecule has 198 valence electrons. The van der Waals surface area contributed by atoms with Gasteiger partial charge in [0.2, 0.25) is 5.95 Å². The lowest BCUT2D eigenvalue weighted by Crippen LogP contribution is -2.43. The number of ether oxygens (including phenoxy) is 2. The third-order valence-corrected chi connectivity index (χ3v) is 7.45. The normalized spacial score (nSPS) is 17.4. The van der Waals surface area contributed by atoms with Gasteiger partial charge in [-0.05, 0) is 69.7 Å². The average molecular weight is 528 g/mol. The zero-order chi connectivity index (χ0) is 26.5. The Morgan fingerprint density at radius 2 is 1.78 bits per heavy atom. The SMILES string of the molecule is CCOC(=O)c1nc(Oc2ccc(Nc3nc(=O)n(CC)c(=O)n3CC3CCC(C)CC3)cc2)sc1C. The van der Waals surface area contributed by atoms with E-state index in [-0.39, 0.29) is 30.5 Å². The summed E-state index contributed by atoms with van der Waals surface area (Å²) >= 11 is 1.26. The van der Waals surface area contributed by atoms with Crippen molar-refractivity contribution >= 4 is 28.9 Å². The number of benzene rings is 1. The van der Waals surface area contributed by atoms with Crippen LogP contribution in [0, 0.1) is 18.8 Å². The molecule has 1 saturated carbocycles. The summed E-state index contributed by atoms with van der Waals surface area (Å²) in [5, 5.41) is 3.48. The molecule has 1 aromatic carbocycles. The number of anilines is 2. The minimum atomic E-state index is -0.569. The number of carbonyl (C=O) groups excluding carboxylic acids is 1. The molecule has 37 heavy (non-hydrogen) atoms. The Kier molecular flexibility index (Phi) is 8.42. The van der Waals surface area contributed by atoms with Crippen molar-refractivity contribution in [2.75, 3.05) is 11.9 Å². The van der Waals surface area contributed by atoms with E-state index < -0.39 is 11.7 Å². The van der Waals surface area contributed by atoms with Crippen molar-refractivity contribution < 1.29 is 14.3 Å². The van der Waals surface area contributed by atoms with Crippen LogP contribution in [0.5, 0.6) is 10.9 Å². The van der Waals surface area contributed by atoms with Crippen molar-refractivity contribution in [1.82, 2.24) is 19.1 Å². The number of aryl methyl sites for hydroxylation is 1. The number of thiazole rings is 1. The fourth-order valence-electron chi connectivity index (χ4n) is 4.47. The molecule has 1 fully saturated rings. The Bertz CT molecular complexity index is 1350. The van der Waals surface area contributed by atoms with Crippen LogP contribution in [0.15, 0.2) is 33.9 Å². The summed E-state index contributed by atoms with van der Waals surface area (Å²) in [6.07, 6.45) is 4.39. The molecular formula is C26H33N5O5S. The fraction of sp³-hybridized carbons (Fsp3) is 0.500. The van der Waals surface area contributed by atoms with Crippen LogP contribution in [0.4, 0.5) is 11.6 Å². The molecular weight excluding hydrogens is 494 g/mol. The molecule has 4 rings (SSSR count). The van der Waals surface area contributed by atoms with Crippen LogP contribution in [0.2, 0.25) is 0 Å². The van der Waals surface area contributed by atoms with Gasteiger partial charge in [0.25, 0.3) is 5.19 Å². The Labute approximate surface area is 219 Å². The lowest BCUT2D eigenvalue weighted by Gasteiger charge is -2.27. The lowest BCUT2D eigenvalue weighted by molar-refractivity contribution is 0.0519. The van der Waals surface area contributed by atoms with E-state index >= 15 is 0 Å². The second-order valence-electron chi connectivity index (χ2n) is 9.34. The van der Waals surface area contributed by atoms with E-state index in [1.165, 1.54) is 11.3 Å². The maximum Gasteiger partial charge on any atom is 0.358 e. The van der Waals surface area contributed by atoms with Gasteiger partial charge in [-0.1, -0.05) is 31.1 Å². The van der Waals surface area contributed by atoms with Gasteiger partial charge in [0.1, 0.15) is 5.75 Å². The summed E-state index contributed by atoms with van der Waals surface area (Å²) < 4.78 is 13.6. The van der Waals surface area contributed by atoms with Crippen LogP contribution in [0.1, 0.15) is 61.8 Å². The van der Waals surface area contributed by atoms with Gasteiger partial charge in [-0.15, -0.1) is 0 Å². The highest BCUT2D eigenvalue weighted by Gasteiger charge is 2.22. The van der Waals surface area contributed by atoms with Crippen LogP contribution in [0.3, 0.4) is 0 Å². The minimum absolute atomic E-state index is 0.238. The molecule has 11 heteroatoms. The molecule has 0 radical (unpaired) electrons. The third kappa shape index (κ3) is 6.27. The molecule has 0 spiro atoms. The summed E-state index contributed by atoms with van der Waals surface area (Å²) in [5.41, 5.74) is -0.0139. The van der Waals surface area contributed by atoms with E-state index in [0.29, 0.717) is 39.9 Å². The molecule has 2 heterocycles. The number of nitrogens with zero attached hydrogens (tertiary/aromatic N) is 4. The Hall–Kier alpha value is -3.47. The highest BCUT2D eigenvalue weighted by atomic mass is 32.1. The summed E-state index contributed by atoms with van der Waals surface area (Å²) in [6, 6.07) is 7.01. The standard InChI is InChI=1S/C26H33N5O5S/c1-5-30-24(33)29-23(31(26(30)34)15-18-9-7-16(3)8-10-18)27-19-11-13-20(14-12-19)36-25-28-21(17(4)37-25)22(32)35-6-2/h11-14,16,18H,5-10,15H2,1-4H3,(H,27,29,33). The van der Waals surface area contributed by atoms with Crippen molar-refractivity contribution in [3.8, 4) is 10.9 Å². The Morgan fingerprint density at radius 3 is 2.43 bits per heavy atom. The highest BCUT2D eigenvalue weighted by molar-refractivity contribution is 7.13. The molecule has 0 atom stereocenters. The zero-order valence-corrected chi connectivity index (χ0v) is 22.5. The van der Waals surface area contributed by atoms with Crippen LogP contribution in [-0.2, 0) is 17.8 Å². The predicted octanol–water partition coefficient (Wildman–Crippen LogP) is 4.73. The van der Waals surface area contributed by atoms with Gasteiger partial charge in [0.05, 0.1) is 6.61 Å². The van der Waals surface area contributed by atoms with E-state index in [4.69, 9.17) is 9.47 Å². The number of aromatic nitrogens is 4. The Balaban J connectivity index is 1.52. The molecule has 1 aliphatic rings. The topological polar surface area (TPSA) is 117 Å². The fourth-order valence-corrected chi connectivity index (χ4v) is 5.23. The van der Waals surface area contributed by atoms with E-state index in [2.05, 4.69) is 22.2 Å². The van der Waals surface area contributed by atoms with Crippen LogP contribution < -0.4 is 21.4 Å². The molecule has 0 saturated heterocycles. The van der Waals surface area contributed by atoms with Crippen molar-refractivity contribution in [2.45, 2.75) is 66.5 Å². The molecule has 0 amide bonds. The largest absolute Gasteiger partial charge is 0.461 e. The van der Waals surface area contributed by atoms with Gasteiger partial charge in [-0.25, -0.2) is 19.0 Å². The summed E-state index contributed by atoms with van der Waals surface area (Å²) in [4.78, 5) is 46.8. The number of rotatable bonds is 9. The molecule has 1 aliphatic carbocycles. The number of hydrogen-bond acceptors (Lipinski definition) is 9. The molecule has 3 aromatic rings. The number of carbonyl (C=O) groups is 1. The van der Waals surface area contributed by atoms with Crippen LogP contribution in [-0.4, -0.2) is 31.7 Å². The first-order valence-electron chi connectivity index (χ1n) is 12.7. The summed E-state index contributed by atoms with van der Waals surface area (Å²) in [6.45, 7) is 8.63. The van der Waals surface area contributed by atoms with E-state index in [0.717, 1.165) is 30.3 Å². The predicted molar refractivity (Wildman–Crippen MR) is 142 cm³/mol. The molecule has 10 nitrogen and oxygen atoms in total. The van der Waals surface area contributed by atoms with Gasteiger partial charge in [0.15, 0.2) is 5.69 Å². The van der Waals surface area contributed by atoms with Crippen LogP contribution >= 0.6 is 11.3 Å². The maximum absolute atomic E-state index is 13.1. The minimum Gasteiger partial charge on any atom is -0.461 e. The second-order valence-corrected chi connectivity index (χ2v) is 10.5. The van der Waals surface area contributed by atoms with Crippen molar-refractivity contribution in [3.63, 3.8) is 0 Å². The monoisotopic (exact) mass is 527 g/mol. The van der Waals surface area contributed by atoms with E-state index in [1.54, 1.807) is 49.6 Å². The summed E-state index contributed by atoms with van der Waals surface area (Å²) in [5.74, 6) is 1.37. The summed E-state index contributed by atoms with van der Waals surface area (Å²) in [7, 11) is 0. The molecule has 0 unspecified atom stereocenters. The van der Waals surface area contributed by atoms with Gasteiger partial charge >= 0.3 is 17.3 Å². The zero-order valence-electron chi connectivity index (χ0n) is 21.7. The molecule has 1 N–H and O–H groups in total. The van der Waals surface area contributed by atoms with E-state index in [9.17, 15) is 14.4 Å². The first-order chi connectivity index (χ1) is 17.8. The first-order valence-corrected chi connectivity index (χ1v) is 13.5. The molecule has 0 aliphatic heterocycles. The Morgan fingerprint density at radius 1 is 1.08 bits per heavy atom. The molecule has 0 bridgehead atoms. The first kappa shape index (κ1) is 26.6. The van der Waals surface area contributed by atoms with Gasteiger partial charge in [-0.3, -0.25) is 4.57 Å². The lowest BCUT2D eigenvalue weighted by atomic mass is 9.83. The number of hydrogen-bond donors (Lipinski definition) is 1. The quantitative estimate of drug-likeness (QED) is 0.397. The smallest absolute Gasteiger partial charge is 0.358 e. The maximum atomic E-state index is 13.1. The molecule has 2 aromatic heterocycles. The van der Waals surface area contributed by atoms with Crippen molar-refractivity contribution in [2.24, 2.45) is 11.8 Å². The van der Waals surface area contributed by atoms with E-state index in [1.807, 2.05) is 0 Å². The average Bonchev–Trinajstić information content (AvgIpc) is 3.24. The van der Waals surface area contributed by atoms with Crippen LogP contribution in [0.25, 0.3) is 0 Å². The number of esters is 1. The van der Waals surface area contributed by atoms with Crippen molar-refractivity contribution in [1.29, 1.82) is 0 Å². The second kappa shape index (κ2) is 11.7. The highest BCUT2D eigenvalue weighted by Crippen LogP contribution is 2.31. The number of nitrogens with one attached hydrogen (secondary N) is 1. The van der Waals surface area contributed by atoms with Gasteiger partial charge < -0.3 is 14.8 Å².